The molecule has 0 fully saturated rings. The van der Waals surface area contributed by atoms with Crippen molar-refractivity contribution in [2.75, 3.05) is 25.1 Å². The quantitative estimate of drug-likeness (QED) is 0.852. The average Bonchev–Trinajstić information content (AvgIpc) is 2.76. The number of aliphatic hydroxyl groups is 2. The minimum absolute atomic E-state index is 0.256. The van der Waals surface area contributed by atoms with Gasteiger partial charge in [0.15, 0.2) is 5.65 Å². The smallest absolute Gasteiger partial charge is 0.157 e. The first-order valence-corrected chi connectivity index (χ1v) is 6.79. The molecule has 0 saturated heterocycles. The Hall–Kier alpha value is -1.66. The molecule has 6 heteroatoms. The van der Waals surface area contributed by atoms with E-state index in [1.54, 1.807) is 4.52 Å². The second kappa shape index (κ2) is 5.76. The summed E-state index contributed by atoms with van der Waals surface area (Å²) >= 11 is 0. The molecule has 2 aromatic rings. The zero-order valence-corrected chi connectivity index (χ0v) is 12.4. The number of rotatable bonds is 5. The van der Waals surface area contributed by atoms with Crippen molar-refractivity contribution >= 4 is 11.5 Å². The van der Waals surface area contributed by atoms with Gasteiger partial charge in [0, 0.05) is 31.4 Å². The fourth-order valence-electron chi connectivity index (χ4n) is 2.13. The maximum absolute atomic E-state index is 9.61. The third kappa shape index (κ3) is 2.91. The Morgan fingerprint density at radius 3 is 2.65 bits per heavy atom. The molecule has 2 rings (SSSR count). The summed E-state index contributed by atoms with van der Waals surface area (Å²) in [5.41, 5.74) is 2.68. The van der Waals surface area contributed by atoms with Gasteiger partial charge in [-0.1, -0.05) is 13.8 Å². The summed E-state index contributed by atoms with van der Waals surface area (Å²) in [4.78, 5) is 6.48. The van der Waals surface area contributed by atoms with Crippen molar-refractivity contribution < 1.29 is 10.2 Å². The number of aliphatic hydroxyl groups excluding tert-OH is 2. The second-order valence-electron chi connectivity index (χ2n) is 5.47. The number of hydrogen-bond acceptors (Lipinski definition) is 5. The maximum Gasteiger partial charge on any atom is 0.157 e. The van der Waals surface area contributed by atoms with Crippen LogP contribution in [-0.2, 0) is 0 Å². The van der Waals surface area contributed by atoms with E-state index in [-0.39, 0.29) is 6.61 Å². The maximum atomic E-state index is 9.61. The first kappa shape index (κ1) is 14.7. The molecule has 0 aliphatic heterocycles. The Morgan fingerprint density at radius 2 is 2.05 bits per heavy atom. The van der Waals surface area contributed by atoms with Gasteiger partial charge in [0.1, 0.15) is 5.82 Å². The lowest BCUT2D eigenvalue weighted by atomic mass is 10.1. The topological polar surface area (TPSA) is 73.9 Å². The number of hydrogen-bond donors (Lipinski definition) is 2. The van der Waals surface area contributed by atoms with Crippen molar-refractivity contribution in [3.63, 3.8) is 0 Å². The lowest BCUT2D eigenvalue weighted by Crippen LogP contribution is -2.32. The molecular weight excluding hydrogens is 256 g/mol. The summed E-state index contributed by atoms with van der Waals surface area (Å²) in [5.74, 6) is 1.17. The van der Waals surface area contributed by atoms with Gasteiger partial charge in [-0.25, -0.2) is 4.98 Å². The van der Waals surface area contributed by atoms with Crippen LogP contribution in [0.2, 0.25) is 0 Å². The minimum Gasteiger partial charge on any atom is -0.394 e. The van der Waals surface area contributed by atoms with Crippen LogP contribution in [0.1, 0.15) is 31.2 Å². The number of aryl methyl sites for hydroxylation is 1. The molecule has 1 unspecified atom stereocenters. The first-order chi connectivity index (χ1) is 9.42. The van der Waals surface area contributed by atoms with Gasteiger partial charge in [-0.2, -0.15) is 9.61 Å². The lowest BCUT2D eigenvalue weighted by molar-refractivity contribution is 0.101. The number of likely N-dealkylation sites (N-methyl/N-ethyl adjacent to an activating group) is 1. The van der Waals surface area contributed by atoms with Gasteiger partial charge in [0.05, 0.1) is 18.4 Å². The third-order valence-corrected chi connectivity index (χ3v) is 3.23. The van der Waals surface area contributed by atoms with E-state index in [4.69, 9.17) is 5.11 Å². The van der Waals surface area contributed by atoms with E-state index >= 15 is 0 Å². The predicted octanol–water partition coefficient (Wildman–Crippen LogP) is 0.951. The summed E-state index contributed by atoms with van der Waals surface area (Å²) in [7, 11) is 1.87. The Morgan fingerprint density at radius 1 is 1.35 bits per heavy atom. The Kier molecular flexibility index (Phi) is 4.25. The van der Waals surface area contributed by atoms with E-state index in [1.807, 2.05) is 31.0 Å². The van der Waals surface area contributed by atoms with Crippen LogP contribution in [-0.4, -0.2) is 51.1 Å². The van der Waals surface area contributed by atoms with Crippen molar-refractivity contribution in [3.05, 3.63) is 23.5 Å². The highest BCUT2D eigenvalue weighted by molar-refractivity contribution is 5.52. The lowest BCUT2D eigenvalue weighted by Gasteiger charge is -2.23. The van der Waals surface area contributed by atoms with Gasteiger partial charge < -0.3 is 15.1 Å². The van der Waals surface area contributed by atoms with E-state index in [9.17, 15) is 5.11 Å². The Bertz CT molecular complexity index is 594. The van der Waals surface area contributed by atoms with E-state index in [1.165, 1.54) is 0 Å². The molecular formula is C14H22N4O2. The molecule has 20 heavy (non-hydrogen) atoms. The van der Waals surface area contributed by atoms with E-state index < -0.39 is 6.10 Å². The van der Waals surface area contributed by atoms with Crippen LogP contribution in [0.15, 0.2) is 12.1 Å². The molecule has 6 nitrogen and oxygen atoms in total. The second-order valence-corrected chi connectivity index (χ2v) is 5.47. The molecule has 1 atom stereocenters. The largest absolute Gasteiger partial charge is 0.394 e. The van der Waals surface area contributed by atoms with Gasteiger partial charge in [-0.3, -0.25) is 0 Å². The molecule has 0 aromatic carbocycles. The zero-order chi connectivity index (χ0) is 14.9. The fraction of sp³-hybridized carbons (Fsp3) is 0.571. The SMILES string of the molecule is Cc1cc2nc(C(C)C)cc(N(C)CC(O)CO)n2n1. The van der Waals surface area contributed by atoms with E-state index in [0.29, 0.717) is 12.5 Å². The molecule has 0 spiro atoms. The van der Waals surface area contributed by atoms with Gasteiger partial charge in [0.2, 0.25) is 0 Å². The highest BCUT2D eigenvalue weighted by atomic mass is 16.3. The van der Waals surface area contributed by atoms with E-state index in [2.05, 4.69) is 23.9 Å². The molecule has 0 amide bonds. The Labute approximate surface area is 118 Å². The number of fused-ring (bicyclic) bond motifs is 1. The summed E-state index contributed by atoms with van der Waals surface area (Å²) in [6.45, 7) is 6.19. The Balaban J connectivity index is 2.48. The monoisotopic (exact) mass is 278 g/mol. The standard InChI is InChI=1S/C14H22N4O2/c1-9(2)12-6-14(17(4)7-11(20)8-19)18-13(15-12)5-10(3)16-18/h5-6,9,11,19-20H,7-8H2,1-4H3. The first-order valence-electron chi connectivity index (χ1n) is 6.79. The van der Waals surface area contributed by atoms with Gasteiger partial charge in [0.25, 0.3) is 0 Å². The normalized spacial score (nSPS) is 13.2. The van der Waals surface area contributed by atoms with Crippen LogP contribution in [0.5, 0.6) is 0 Å². The molecule has 2 heterocycles. The van der Waals surface area contributed by atoms with Crippen LogP contribution >= 0.6 is 0 Å². The molecule has 2 aromatic heterocycles. The number of aromatic nitrogens is 3. The molecule has 110 valence electrons. The van der Waals surface area contributed by atoms with Crippen LogP contribution < -0.4 is 4.90 Å². The molecule has 0 aliphatic rings. The number of nitrogens with zero attached hydrogens (tertiary/aromatic N) is 4. The van der Waals surface area contributed by atoms with Crippen molar-refractivity contribution in [1.82, 2.24) is 14.6 Å². The van der Waals surface area contributed by atoms with Crippen molar-refractivity contribution in [3.8, 4) is 0 Å². The third-order valence-electron chi connectivity index (χ3n) is 3.23. The van der Waals surface area contributed by atoms with Crippen LogP contribution in [0.3, 0.4) is 0 Å². The molecule has 2 N–H and O–H groups in total. The fourth-order valence-corrected chi connectivity index (χ4v) is 2.13. The average molecular weight is 278 g/mol. The summed E-state index contributed by atoms with van der Waals surface area (Å²) in [5, 5.41) is 23.0. The molecule has 0 bridgehead atoms. The molecule has 0 radical (unpaired) electrons. The van der Waals surface area contributed by atoms with Crippen LogP contribution in [0.25, 0.3) is 5.65 Å². The van der Waals surface area contributed by atoms with Gasteiger partial charge >= 0.3 is 0 Å². The van der Waals surface area contributed by atoms with Crippen molar-refractivity contribution in [2.45, 2.75) is 32.8 Å². The van der Waals surface area contributed by atoms with Crippen molar-refractivity contribution in [2.24, 2.45) is 0 Å². The highest BCUT2D eigenvalue weighted by Gasteiger charge is 2.15. The van der Waals surface area contributed by atoms with Crippen LogP contribution in [0, 0.1) is 6.92 Å². The van der Waals surface area contributed by atoms with Crippen LogP contribution in [0.4, 0.5) is 5.82 Å². The highest BCUT2D eigenvalue weighted by Crippen LogP contribution is 2.21. The van der Waals surface area contributed by atoms with E-state index in [0.717, 1.165) is 22.9 Å². The summed E-state index contributed by atoms with van der Waals surface area (Å²) in [6, 6.07) is 3.92. The molecule has 0 saturated carbocycles. The van der Waals surface area contributed by atoms with Crippen molar-refractivity contribution in [1.29, 1.82) is 0 Å². The zero-order valence-electron chi connectivity index (χ0n) is 12.4. The predicted molar refractivity (Wildman–Crippen MR) is 78.2 cm³/mol. The summed E-state index contributed by atoms with van der Waals surface area (Å²) in [6.07, 6.45) is -0.776. The van der Waals surface area contributed by atoms with Gasteiger partial charge in [-0.15, -0.1) is 0 Å². The van der Waals surface area contributed by atoms with Gasteiger partial charge in [-0.05, 0) is 12.8 Å². The molecule has 0 aliphatic carbocycles. The summed E-state index contributed by atoms with van der Waals surface area (Å²) < 4.78 is 1.77. The minimum atomic E-state index is -0.776. The number of anilines is 1.